The first-order valence-corrected chi connectivity index (χ1v) is 7.42. The molecule has 0 saturated carbocycles. The maximum atomic E-state index is 12.4. The van der Waals surface area contributed by atoms with E-state index in [1.165, 1.54) is 0 Å². The number of benzene rings is 1. The summed E-state index contributed by atoms with van der Waals surface area (Å²) in [5, 5.41) is 0.544. The molecule has 1 heterocycles. The van der Waals surface area contributed by atoms with Gasteiger partial charge in [0.1, 0.15) is 5.60 Å². The lowest BCUT2D eigenvalue weighted by atomic mass is 9.97. The first-order valence-electron chi connectivity index (χ1n) is 7.04. The number of Topliss-reactive ketones (excluding diaryl/α,β-unsaturated/α-hetero) is 1. The van der Waals surface area contributed by atoms with Gasteiger partial charge in [0.2, 0.25) is 0 Å². The van der Waals surface area contributed by atoms with Gasteiger partial charge in [-0.3, -0.25) is 4.79 Å². The Hall–Kier alpha value is -1.55. The van der Waals surface area contributed by atoms with Gasteiger partial charge in [-0.05, 0) is 39.3 Å². The molecule has 1 aliphatic heterocycles. The average Bonchev–Trinajstić information content (AvgIpc) is 2.85. The first-order chi connectivity index (χ1) is 9.76. The number of ether oxygens (including phenoxy) is 1. The molecule has 1 fully saturated rings. The van der Waals surface area contributed by atoms with Crippen molar-refractivity contribution in [1.29, 1.82) is 0 Å². The van der Waals surface area contributed by atoms with Crippen LogP contribution in [0.4, 0.5) is 4.79 Å². The lowest BCUT2D eigenvalue weighted by molar-refractivity contribution is 0.0289. The second kappa shape index (κ2) is 6.06. The van der Waals surface area contributed by atoms with E-state index in [4.69, 9.17) is 16.3 Å². The molecule has 1 aliphatic rings. The zero-order chi connectivity index (χ0) is 15.6. The zero-order valence-electron chi connectivity index (χ0n) is 12.6. The van der Waals surface area contributed by atoms with E-state index in [-0.39, 0.29) is 17.8 Å². The van der Waals surface area contributed by atoms with Crippen LogP contribution in [0.3, 0.4) is 0 Å². The average molecular weight is 310 g/mol. The summed E-state index contributed by atoms with van der Waals surface area (Å²) in [6.07, 6.45) is 0.300. The van der Waals surface area contributed by atoms with Gasteiger partial charge in [0.25, 0.3) is 0 Å². The summed E-state index contributed by atoms with van der Waals surface area (Å²) in [6, 6.07) is 6.92. The number of hydrogen-bond donors (Lipinski definition) is 0. The predicted octanol–water partition coefficient (Wildman–Crippen LogP) is 3.78. The van der Waals surface area contributed by atoms with E-state index < -0.39 is 5.60 Å². The maximum absolute atomic E-state index is 12.4. The molecule has 1 aromatic rings. The Morgan fingerprint density at radius 2 is 2.05 bits per heavy atom. The fourth-order valence-corrected chi connectivity index (χ4v) is 2.53. The number of halogens is 1. The molecule has 0 radical (unpaired) electrons. The third-order valence-corrected chi connectivity index (χ3v) is 3.55. The third-order valence-electron chi connectivity index (χ3n) is 3.32. The highest BCUT2D eigenvalue weighted by Gasteiger charge is 2.33. The summed E-state index contributed by atoms with van der Waals surface area (Å²) in [6.45, 7) is 6.44. The molecule has 0 unspecified atom stereocenters. The molecule has 21 heavy (non-hydrogen) atoms. The van der Waals surface area contributed by atoms with E-state index in [1.54, 1.807) is 29.2 Å². The third kappa shape index (κ3) is 4.21. The second-order valence-electron chi connectivity index (χ2n) is 6.29. The lowest BCUT2D eigenvalue weighted by Gasteiger charge is -2.24. The molecule has 1 atom stereocenters. The number of rotatable bonds is 2. The monoisotopic (exact) mass is 309 g/mol. The van der Waals surface area contributed by atoms with Crippen molar-refractivity contribution in [2.75, 3.05) is 13.1 Å². The van der Waals surface area contributed by atoms with E-state index in [1.807, 2.05) is 20.8 Å². The van der Waals surface area contributed by atoms with Crippen LogP contribution in [0.2, 0.25) is 5.02 Å². The Balaban J connectivity index is 1.99. The molecule has 1 amide bonds. The van der Waals surface area contributed by atoms with Crippen molar-refractivity contribution in [1.82, 2.24) is 4.90 Å². The van der Waals surface area contributed by atoms with Crippen molar-refractivity contribution in [3.8, 4) is 0 Å². The molecule has 0 bridgehead atoms. The Labute approximate surface area is 130 Å². The van der Waals surface area contributed by atoms with Crippen LogP contribution in [0.1, 0.15) is 37.6 Å². The van der Waals surface area contributed by atoms with Crippen LogP contribution in [0.15, 0.2) is 24.3 Å². The second-order valence-corrected chi connectivity index (χ2v) is 6.72. The molecule has 2 rings (SSSR count). The number of nitrogens with zero attached hydrogens (tertiary/aromatic N) is 1. The molecule has 114 valence electrons. The van der Waals surface area contributed by atoms with E-state index in [0.717, 1.165) is 0 Å². The molecule has 1 aromatic carbocycles. The number of ketones is 1. The summed E-state index contributed by atoms with van der Waals surface area (Å²) >= 11 is 5.91. The van der Waals surface area contributed by atoms with E-state index >= 15 is 0 Å². The van der Waals surface area contributed by atoms with Crippen LogP contribution in [-0.2, 0) is 4.74 Å². The van der Waals surface area contributed by atoms with E-state index in [0.29, 0.717) is 30.1 Å². The van der Waals surface area contributed by atoms with Gasteiger partial charge in [-0.1, -0.05) is 23.7 Å². The molecule has 1 saturated heterocycles. The van der Waals surface area contributed by atoms with Gasteiger partial charge in [-0.2, -0.15) is 0 Å². The molecule has 4 nitrogen and oxygen atoms in total. The molecule has 5 heteroatoms. The van der Waals surface area contributed by atoms with Crippen LogP contribution in [-0.4, -0.2) is 35.5 Å². The minimum Gasteiger partial charge on any atom is -0.444 e. The largest absolute Gasteiger partial charge is 0.444 e. The SMILES string of the molecule is CC(C)(C)OC(=O)N1CC[C@H](C(=O)c2cccc(Cl)c2)C1. The molecule has 0 spiro atoms. The fourth-order valence-electron chi connectivity index (χ4n) is 2.34. The van der Waals surface area contributed by atoms with Gasteiger partial charge in [0.05, 0.1) is 0 Å². The van der Waals surface area contributed by atoms with Crippen molar-refractivity contribution >= 4 is 23.5 Å². The molecular weight excluding hydrogens is 290 g/mol. The Morgan fingerprint density at radius 3 is 2.67 bits per heavy atom. The van der Waals surface area contributed by atoms with Crippen molar-refractivity contribution < 1.29 is 14.3 Å². The van der Waals surface area contributed by atoms with Gasteiger partial charge in [0, 0.05) is 29.6 Å². The van der Waals surface area contributed by atoms with Crippen LogP contribution in [0, 0.1) is 5.92 Å². The van der Waals surface area contributed by atoms with Crippen molar-refractivity contribution in [3.63, 3.8) is 0 Å². The van der Waals surface area contributed by atoms with Gasteiger partial charge < -0.3 is 9.64 Å². The maximum Gasteiger partial charge on any atom is 0.410 e. The standard InChI is InChI=1S/C16H20ClNO3/c1-16(2,3)21-15(20)18-8-7-12(10-18)14(19)11-5-4-6-13(17)9-11/h4-6,9,12H,7-8,10H2,1-3H3/t12-/m0/s1. The molecule has 0 N–H and O–H groups in total. The minimum atomic E-state index is -0.522. The summed E-state index contributed by atoms with van der Waals surface area (Å²) < 4.78 is 5.33. The molecular formula is C16H20ClNO3. The number of amides is 1. The number of carbonyl (C=O) groups excluding carboxylic acids is 2. The zero-order valence-corrected chi connectivity index (χ0v) is 13.3. The number of hydrogen-bond acceptors (Lipinski definition) is 3. The van der Waals surface area contributed by atoms with Crippen LogP contribution in [0.25, 0.3) is 0 Å². The van der Waals surface area contributed by atoms with Crippen LogP contribution in [0.5, 0.6) is 0 Å². The predicted molar refractivity (Wildman–Crippen MR) is 81.7 cm³/mol. The Kier molecular flexibility index (Phi) is 4.57. The normalized spacial score (nSPS) is 18.7. The Bertz CT molecular complexity index is 551. The number of carbonyl (C=O) groups is 2. The summed E-state index contributed by atoms with van der Waals surface area (Å²) in [4.78, 5) is 26.0. The van der Waals surface area contributed by atoms with E-state index in [9.17, 15) is 9.59 Å². The summed E-state index contributed by atoms with van der Waals surface area (Å²) in [5.74, 6) is -0.153. The van der Waals surface area contributed by atoms with Crippen molar-refractivity contribution in [2.45, 2.75) is 32.8 Å². The number of likely N-dealkylation sites (tertiary alicyclic amines) is 1. The van der Waals surface area contributed by atoms with Gasteiger partial charge in [-0.15, -0.1) is 0 Å². The quantitative estimate of drug-likeness (QED) is 0.781. The highest BCUT2D eigenvalue weighted by atomic mass is 35.5. The smallest absolute Gasteiger partial charge is 0.410 e. The van der Waals surface area contributed by atoms with E-state index in [2.05, 4.69) is 0 Å². The van der Waals surface area contributed by atoms with Gasteiger partial charge in [-0.25, -0.2) is 4.79 Å². The van der Waals surface area contributed by atoms with Gasteiger partial charge >= 0.3 is 6.09 Å². The lowest BCUT2D eigenvalue weighted by Crippen LogP contribution is -2.35. The summed E-state index contributed by atoms with van der Waals surface area (Å²) in [7, 11) is 0. The highest BCUT2D eigenvalue weighted by Crippen LogP contribution is 2.24. The van der Waals surface area contributed by atoms with Crippen molar-refractivity contribution in [2.24, 2.45) is 5.92 Å². The molecule has 0 aromatic heterocycles. The Morgan fingerprint density at radius 1 is 1.33 bits per heavy atom. The topological polar surface area (TPSA) is 46.6 Å². The minimum absolute atomic E-state index is 0.0311. The van der Waals surface area contributed by atoms with Gasteiger partial charge in [0.15, 0.2) is 5.78 Å². The van der Waals surface area contributed by atoms with Crippen LogP contribution >= 0.6 is 11.6 Å². The first kappa shape index (κ1) is 15.8. The fraction of sp³-hybridized carbons (Fsp3) is 0.500. The van der Waals surface area contributed by atoms with Crippen LogP contribution < -0.4 is 0 Å². The highest BCUT2D eigenvalue weighted by molar-refractivity contribution is 6.31. The molecule has 0 aliphatic carbocycles. The summed E-state index contributed by atoms with van der Waals surface area (Å²) in [5.41, 5.74) is 0.0742. The van der Waals surface area contributed by atoms with Crippen molar-refractivity contribution in [3.05, 3.63) is 34.9 Å².